The fourth-order valence-corrected chi connectivity index (χ4v) is 4.58. The molecule has 1 atom stereocenters. The lowest BCUT2D eigenvalue weighted by molar-refractivity contribution is 0.0776. The second-order valence-corrected chi connectivity index (χ2v) is 8.26. The highest BCUT2D eigenvalue weighted by Gasteiger charge is 2.37. The molecule has 0 unspecified atom stereocenters. The number of likely N-dealkylation sites (tertiary alicyclic amines) is 1. The molecule has 8 heteroatoms. The lowest BCUT2D eigenvalue weighted by Gasteiger charge is -2.26. The van der Waals surface area contributed by atoms with Crippen LogP contribution in [0.2, 0.25) is 0 Å². The van der Waals surface area contributed by atoms with Crippen LogP contribution in [0.3, 0.4) is 0 Å². The lowest BCUT2D eigenvalue weighted by atomic mass is 10.1. The molecule has 1 aliphatic carbocycles. The quantitative estimate of drug-likeness (QED) is 0.583. The van der Waals surface area contributed by atoms with Crippen LogP contribution in [0, 0.1) is 0 Å². The Morgan fingerprint density at radius 2 is 2.06 bits per heavy atom. The van der Waals surface area contributed by atoms with E-state index >= 15 is 0 Å². The number of rotatable bonds is 7. The van der Waals surface area contributed by atoms with E-state index in [2.05, 4.69) is 33.8 Å². The van der Waals surface area contributed by atoms with E-state index in [0.29, 0.717) is 34.9 Å². The van der Waals surface area contributed by atoms with Crippen LogP contribution in [0.25, 0.3) is 17.4 Å². The summed E-state index contributed by atoms with van der Waals surface area (Å²) in [4.78, 5) is 26.9. The first kappa shape index (κ1) is 19.9. The first-order chi connectivity index (χ1) is 15.2. The second-order valence-electron chi connectivity index (χ2n) is 8.26. The molecule has 31 heavy (non-hydrogen) atoms. The number of furan rings is 1. The SMILES string of the molecule is CCN(CC)[C@@H]1CCN(C(=O)c2cnn(-c3nccc(-c4ccco4)n3)c2C2CC2)C1. The van der Waals surface area contributed by atoms with Crippen LogP contribution in [0.5, 0.6) is 0 Å². The topological polar surface area (TPSA) is 80.3 Å². The molecule has 4 heterocycles. The van der Waals surface area contributed by atoms with E-state index in [1.807, 2.05) is 23.1 Å². The van der Waals surface area contributed by atoms with Gasteiger partial charge in [-0.15, -0.1) is 0 Å². The summed E-state index contributed by atoms with van der Waals surface area (Å²) in [6, 6.07) is 5.95. The summed E-state index contributed by atoms with van der Waals surface area (Å²) in [5.41, 5.74) is 2.32. The average molecular weight is 421 g/mol. The molecule has 0 aromatic carbocycles. The maximum atomic E-state index is 13.4. The number of carbonyl (C=O) groups excluding carboxylic acids is 1. The van der Waals surface area contributed by atoms with Gasteiger partial charge in [0, 0.05) is 31.2 Å². The summed E-state index contributed by atoms with van der Waals surface area (Å²) in [7, 11) is 0. The summed E-state index contributed by atoms with van der Waals surface area (Å²) in [6.45, 7) is 7.95. The van der Waals surface area contributed by atoms with Crippen molar-refractivity contribution in [2.45, 2.75) is 45.1 Å². The van der Waals surface area contributed by atoms with Crippen molar-refractivity contribution in [2.75, 3.05) is 26.2 Å². The molecular weight excluding hydrogens is 392 g/mol. The largest absolute Gasteiger partial charge is 0.463 e. The van der Waals surface area contributed by atoms with Gasteiger partial charge in [-0.05, 0) is 50.6 Å². The molecule has 0 bridgehead atoms. The van der Waals surface area contributed by atoms with E-state index in [4.69, 9.17) is 4.42 Å². The van der Waals surface area contributed by atoms with Gasteiger partial charge in [0.25, 0.3) is 11.9 Å². The molecule has 1 aliphatic heterocycles. The zero-order chi connectivity index (χ0) is 21.4. The van der Waals surface area contributed by atoms with Gasteiger partial charge < -0.3 is 9.32 Å². The first-order valence-corrected chi connectivity index (χ1v) is 11.2. The molecule has 1 amide bonds. The van der Waals surface area contributed by atoms with E-state index < -0.39 is 0 Å². The van der Waals surface area contributed by atoms with Crippen molar-refractivity contribution in [2.24, 2.45) is 0 Å². The van der Waals surface area contributed by atoms with Crippen LogP contribution in [0.15, 0.2) is 41.3 Å². The van der Waals surface area contributed by atoms with Crippen molar-refractivity contribution >= 4 is 5.91 Å². The van der Waals surface area contributed by atoms with Gasteiger partial charge in [-0.25, -0.2) is 14.6 Å². The van der Waals surface area contributed by atoms with Gasteiger partial charge in [-0.2, -0.15) is 5.10 Å². The van der Waals surface area contributed by atoms with Crippen LogP contribution in [0.1, 0.15) is 55.1 Å². The Kier molecular flexibility index (Phi) is 5.31. The predicted molar refractivity (Wildman–Crippen MR) is 116 cm³/mol. The van der Waals surface area contributed by atoms with Gasteiger partial charge in [0.05, 0.1) is 23.7 Å². The second kappa shape index (κ2) is 8.26. The highest BCUT2D eigenvalue weighted by molar-refractivity contribution is 5.95. The van der Waals surface area contributed by atoms with Gasteiger partial charge in [0.1, 0.15) is 5.69 Å². The molecule has 2 aliphatic rings. The van der Waals surface area contributed by atoms with Crippen LogP contribution >= 0.6 is 0 Å². The Labute approximate surface area is 181 Å². The third-order valence-electron chi connectivity index (χ3n) is 6.39. The monoisotopic (exact) mass is 420 g/mol. The summed E-state index contributed by atoms with van der Waals surface area (Å²) in [5.74, 6) is 1.56. The van der Waals surface area contributed by atoms with Gasteiger partial charge in [0.15, 0.2) is 5.76 Å². The molecular formula is C23H28N6O2. The molecule has 3 aromatic heterocycles. The number of nitrogens with zero attached hydrogens (tertiary/aromatic N) is 6. The number of hydrogen-bond acceptors (Lipinski definition) is 6. The van der Waals surface area contributed by atoms with E-state index in [9.17, 15) is 4.79 Å². The molecule has 1 saturated carbocycles. The Hall–Kier alpha value is -3.00. The van der Waals surface area contributed by atoms with Crippen molar-refractivity contribution in [1.82, 2.24) is 29.5 Å². The Balaban J connectivity index is 1.44. The molecule has 0 radical (unpaired) electrons. The van der Waals surface area contributed by atoms with Crippen LogP contribution in [-0.4, -0.2) is 67.7 Å². The Morgan fingerprint density at radius 3 is 2.77 bits per heavy atom. The summed E-state index contributed by atoms with van der Waals surface area (Å²) in [6.07, 6.45) is 8.17. The van der Waals surface area contributed by atoms with Crippen molar-refractivity contribution in [3.63, 3.8) is 0 Å². The highest BCUT2D eigenvalue weighted by atomic mass is 16.3. The molecule has 5 rings (SSSR count). The predicted octanol–water partition coefficient (Wildman–Crippen LogP) is 3.36. The van der Waals surface area contributed by atoms with Gasteiger partial charge >= 0.3 is 0 Å². The molecule has 2 fully saturated rings. The van der Waals surface area contributed by atoms with Gasteiger partial charge in [-0.3, -0.25) is 9.69 Å². The Morgan fingerprint density at radius 1 is 1.23 bits per heavy atom. The summed E-state index contributed by atoms with van der Waals surface area (Å²) >= 11 is 0. The number of hydrogen-bond donors (Lipinski definition) is 0. The molecule has 1 saturated heterocycles. The third-order valence-corrected chi connectivity index (χ3v) is 6.39. The summed E-state index contributed by atoms with van der Waals surface area (Å²) < 4.78 is 7.22. The minimum atomic E-state index is 0.0741. The molecule has 3 aromatic rings. The lowest BCUT2D eigenvalue weighted by Crippen LogP contribution is -2.38. The minimum Gasteiger partial charge on any atom is -0.463 e. The van der Waals surface area contributed by atoms with Crippen LogP contribution in [0.4, 0.5) is 0 Å². The number of likely N-dealkylation sites (N-methyl/N-ethyl adjacent to an activating group) is 1. The third kappa shape index (κ3) is 3.76. The van der Waals surface area contributed by atoms with Gasteiger partial charge in [0.2, 0.25) is 0 Å². The number of carbonyl (C=O) groups is 1. The fourth-order valence-electron chi connectivity index (χ4n) is 4.58. The maximum Gasteiger partial charge on any atom is 0.257 e. The average Bonchev–Trinajstić information content (AvgIpc) is 3.21. The van der Waals surface area contributed by atoms with E-state index in [0.717, 1.165) is 51.1 Å². The molecule has 0 N–H and O–H groups in total. The van der Waals surface area contributed by atoms with Crippen LogP contribution in [-0.2, 0) is 0 Å². The van der Waals surface area contributed by atoms with Gasteiger partial charge in [-0.1, -0.05) is 13.8 Å². The molecule has 162 valence electrons. The van der Waals surface area contributed by atoms with Crippen molar-refractivity contribution in [3.05, 3.63) is 48.1 Å². The fraction of sp³-hybridized carbons (Fsp3) is 0.478. The summed E-state index contributed by atoms with van der Waals surface area (Å²) in [5, 5.41) is 4.55. The zero-order valence-corrected chi connectivity index (χ0v) is 18.1. The number of aromatic nitrogens is 4. The molecule has 8 nitrogen and oxygen atoms in total. The van der Waals surface area contributed by atoms with Crippen LogP contribution < -0.4 is 0 Å². The smallest absolute Gasteiger partial charge is 0.257 e. The zero-order valence-electron chi connectivity index (χ0n) is 18.1. The van der Waals surface area contributed by atoms with Crippen molar-refractivity contribution in [1.29, 1.82) is 0 Å². The Bertz CT molecular complexity index is 1050. The molecule has 0 spiro atoms. The van der Waals surface area contributed by atoms with E-state index in [1.165, 1.54) is 0 Å². The van der Waals surface area contributed by atoms with E-state index in [-0.39, 0.29) is 5.91 Å². The first-order valence-electron chi connectivity index (χ1n) is 11.2. The minimum absolute atomic E-state index is 0.0741. The standard InChI is InChI=1S/C23H28N6O2/c1-3-27(4-2)17-10-12-28(15-17)22(30)18-14-25-29(21(18)16-7-8-16)23-24-11-9-19(26-23)20-6-5-13-31-20/h5-6,9,11,13-14,16-17H,3-4,7-8,10,12,15H2,1-2H3/t17-/m1/s1. The van der Waals surface area contributed by atoms with Crippen molar-refractivity contribution in [3.8, 4) is 17.4 Å². The highest BCUT2D eigenvalue weighted by Crippen LogP contribution is 2.42. The number of amides is 1. The maximum absolute atomic E-state index is 13.4. The van der Waals surface area contributed by atoms with Crippen molar-refractivity contribution < 1.29 is 9.21 Å². The van der Waals surface area contributed by atoms with E-state index in [1.54, 1.807) is 23.3 Å². The normalized spacial score (nSPS) is 18.8.